The first-order chi connectivity index (χ1) is 11.0. The second kappa shape index (κ2) is 6.32. The van der Waals surface area contributed by atoms with E-state index < -0.39 is 0 Å². The molecule has 1 fully saturated rings. The third kappa shape index (κ3) is 2.98. The molecule has 0 saturated carbocycles. The first-order valence-electron chi connectivity index (χ1n) is 7.93. The van der Waals surface area contributed by atoms with Gasteiger partial charge in [0.05, 0.1) is 28.3 Å². The molecule has 1 unspecified atom stereocenters. The normalized spacial score (nSPS) is 18.6. The molecule has 122 valence electrons. The highest BCUT2D eigenvalue weighted by atomic mass is 35.5. The molecule has 1 saturated heterocycles. The van der Waals surface area contributed by atoms with Gasteiger partial charge in [-0.15, -0.1) is 0 Å². The van der Waals surface area contributed by atoms with Gasteiger partial charge in [0.25, 0.3) is 5.56 Å². The van der Waals surface area contributed by atoms with Crippen molar-refractivity contribution in [2.75, 3.05) is 13.1 Å². The minimum atomic E-state index is -0.135. The predicted molar refractivity (Wildman–Crippen MR) is 90.7 cm³/mol. The zero-order valence-electron chi connectivity index (χ0n) is 13.3. The third-order valence-electron chi connectivity index (χ3n) is 4.36. The van der Waals surface area contributed by atoms with Crippen LogP contribution in [0.5, 0.6) is 0 Å². The maximum absolute atomic E-state index is 12.8. The summed E-state index contributed by atoms with van der Waals surface area (Å²) in [4.78, 5) is 31.2. The molecule has 6 heteroatoms. The monoisotopic (exact) mass is 333 g/mol. The van der Waals surface area contributed by atoms with Crippen LogP contribution in [0.2, 0.25) is 5.02 Å². The van der Waals surface area contributed by atoms with Gasteiger partial charge in [0.15, 0.2) is 0 Å². The van der Waals surface area contributed by atoms with Crippen LogP contribution in [0, 0.1) is 5.92 Å². The average molecular weight is 334 g/mol. The number of aromatic nitrogens is 2. The minimum Gasteiger partial charge on any atom is -0.340 e. The lowest BCUT2D eigenvalue weighted by molar-refractivity contribution is -0.136. The summed E-state index contributed by atoms with van der Waals surface area (Å²) in [6, 6.07) is 5.22. The molecule has 1 aliphatic rings. The number of hydrogen-bond acceptors (Lipinski definition) is 3. The quantitative estimate of drug-likeness (QED) is 0.849. The number of fused-ring (bicyclic) bond motifs is 1. The van der Waals surface area contributed by atoms with Gasteiger partial charge in [-0.3, -0.25) is 14.2 Å². The number of halogens is 1. The van der Waals surface area contributed by atoms with Crippen molar-refractivity contribution >= 4 is 28.4 Å². The van der Waals surface area contributed by atoms with E-state index in [9.17, 15) is 9.59 Å². The summed E-state index contributed by atoms with van der Waals surface area (Å²) < 4.78 is 1.63. The number of rotatable bonds is 2. The molecule has 0 N–H and O–H groups in total. The highest BCUT2D eigenvalue weighted by Gasteiger charge is 2.27. The number of likely N-dealkylation sites (tertiary alicyclic amines) is 1. The maximum atomic E-state index is 12.8. The van der Waals surface area contributed by atoms with Gasteiger partial charge >= 0.3 is 0 Å². The molecular weight excluding hydrogens is 314 g/mol. The molecule has 1 aromatic heterocycles. The van der Waals surface area contributed by atoms with Crippen LogP contribution in [0.1, 0.15) is 32.7 Å². The van der Waals surface area contributed by atoms with Crippen LogP contribution in [0.3, 0.4) is 0 Å². The highest BCUT2D eigenvalue weighted by Crippen LogP contribution is 2.23. The Labute approximate surface area is 139 Å². The van der Waals surface area contributed by atoms with Gasteiger partial charge in [0.1, 0.15) is 0 Å². The van der Waals surface area contributed by atoms with Crippen molar-refractivity contribution in [3.63, 3.8) is 0 Å². The lowest BCUT2D eigenvalue weighted by Crippen LogP contribution is -2.44. The molecule has 0 bridgehead atoms. The second-order valence-electron chi connectivity index (χ2n) is 6.33. The standard InChI is InChI=1S/C17H20ClN3O2/c1-11(2)16(22)20-8-4-5-12(9-20)21-10-19-14-7-3-6-13(18)15(14)17(21)23/h3,6-7,10-12H,4-5,8-9H2,1-2H3. The maximum Gasteiger partial charge on any atom is 0.263 e. The Morgan fingerprint density at radius 1 is 1.39 bits per heavy atom. The largest absolute Gasteiger partial charge is 0.340 e. The van der Waals surface area contributed by atoms with E-state index in [1.807, 2.05) is 18.7 Å². The number of nitrogens with zero attached hydrogens (tertiary/aromatic N) is 3. The van der Waals surface area contributed by atoms with Gasteiger partial charge in [-0.05, 0) is 25.0 Å². The van der Waals surface area contributed by atoms with Crippen LogP contribution in [-0.4, -0.2) is 33.4 Å². The van der Waals surface area contributed by atoms with E-state index >= 15 is 0 Å². The van der Waals surface area contributed by atoms with Crippen molar-refractivity contribution in [1.82, 2.24) is 14.5 Å². The fourth-order valence-corrected chi connectivity index (χ4v) is 3.40. The smallest absolute Gasteiger partial charge is 0.263 e. The summed E-state index contributed by atoms with van der Waals surface area (Å²) in [5.41, 5.74) is 0.467. The molecule has 1 atom stereocenters. The first-order valence-corrected chi connectivity index (χ1v) is 8.31. The molecule has 5 nitrogen and oxygen atoms in total. The number of hydrogen-bond donors (Lipinski definition) is 0. The van der Waals surface area contributed by atoms with Crippen molar-refractivity contribution in [2.45, 2.75) is 32.7 Å². The van der Waals surface area contributed by atoms with E-state index in [2.05, 4.69) is 4.98 Å². The van der Waals surface area contributed by atoms with Crippen molar-refractivity contribution in [3.8, 4) is 0 Å². The molecule has 1 aliphatic heterocycles. The number of piperidine rings is 1. The van der Waals surface area contributed by atoms with Crippen molar-refractivity contribution < 1.29 is 4.79 Å². The summed E-state index contributed by atoms with van der Waals surface area (Å²) in [6.45, 7) is 5.10. The van der Waals surface area contributed by atoms with Crippen LogP contribution in [0.15, 0.2) is 29.3 Å². The summed E-state index contributed by atoms with van der Waals surface area (Å²) in [5, 5.41) is 0.865. The summed E-state index contributed by atoms with van der Waals surface area (Å²) in [7, 11) is 0. The molecule has 3 rings (SSSR count). The van der Waals surface area contributed by atoms with Gasteiger partial charge in [-0.25, -0.2) is 4.98 Å². The van der Waals surface area contributed by atoms with Crippen LogP contribution in [-0.2, 0) is 4.79 Å². The van der Waals surface area contributed by atoms with Crippen LogP contribution < -0.4 is 5.56 Å². The van der Waals surface area contributed by atoms with E-state index in [0.29, 0.717) is 22.5 Å². The number of carbonyl (C=O) groups excluding carboxylic acids is 1. The zero-order chi connectivity index (χ0) is 16.6. The Morgan fingerprint density at radius 2 is 2.17 bits per heavy atom. The molecular formula is C17H20ClN3O2. The van der Waals surface area contributed by atoms with Crippen molar-refractivity contribution in [2.24, 2.45) is 5.92 Å². The summed E-state index contributed by atoms with van der Waals surface area (Å²) in [5.74, 6) is 0.101. The van der Waals surface area contributed by atoms with E-state index in [-0.39, 0.29) is 23.4 Å². The van der Waals surface area contributed by atoms with Crippen LogP contribution >= 0.6 is 11.6 Å². The lowest BCUT2D eigenvalue weighted by atomic mass is 10.0. The van der Waals surface area contributed by atoms with E-state index in [4.69, 9.17) is 11.6 Å². The average Bonchev–Trinajstić information content (AvgIpc) is 2.54. The SMILES string of the molecule is CC(C)C(=O)N1CCCC(n2cnc3cccc(Cl)c3c2=O)C1. The molecule has 0 radical (unpaired) electrons. The van der Waals surface area contributed by atoms with E-state index in [1.165, 1.54) is 0 Å². The Kier molecular flexibility index (Phi) is 4.39. The molecule has 0 spiro atoms. The highest BCUT2D eigenvalue weighted by molar-refractivity contribution is 6.35. The van der Waals surface area contributed by atoms with Crippen molar-refractivity contribution in [3.05, 3.63) is 39.9 Å². The number of amides is 1. The first kappa shape index (κ1) is 16.0. The minimum absolute atomic E-state index is 0.0327. The fourth-order valence-electron chi connectivity index (χ4n) is 3.15. The Morgan fingerprint density at radius 3 is 2.91 bits per heavy atom. The molecule has 1 amide bonds. The molecule has 23 heavy (non-hydrogen) atoms. The predicted octanol–water partition coefficient (Wildman–Crippen LogP) is 2.87. The van der Waals surface area contributed by atoms with Gasteiger partial charge in [0, 0.05) is 19.0 Å². The third-order valence-corrected chi connectivity index (χ3v) is 4.67. The lowest BCUT2D eigenvalue weighted by Gasteiger charge is -2.34. The van der Waals surface area contributed by atoms with E-state index in [1.54, 1.807) is 29.1 Å². The Hall–Kier alpha value is -1.88. The second-order valence-corrected chi connectivity index (χ2v) is 6.73. The van der Waals surface area contributed by atoms with Crippen LogP contribution in [0.25, 0.3) is 10.9 Å². The topological polar surface area (TPSA) is 55.2 Å². The van der Waals surface area contributed by atoms with Gasteiger partial charge in [-0.2, -0.15) is 0 Å². The number of carbonyl (C=O) groups is 1. The summed E-state index contributed by atoms with van der Waals surface area (Å²) in [6.07, 6.45) is 3.32. The zero-order valence-corrected chi connectivity index (χ0v) is 14.1. The van der Waals surface area contributed by atoms with Gasteiger partial charge in [-0.1, -0.05) is 31.5 Å². The molecule has 0 aliphatic carbocycles. The Bertz CT molecular complexity index is 800. The van der Waals surface area contributed by atoms with Gasteiger partial charge in [0.2, 0.25) is 5.91 Å². The molecule has 1 aromatic carbocycles. The Balaban J connectivity index is 1.97. The number of benzene rings is 1. The molecule has 2 aromatic rings. The molecule has 2 heterocycles. The van der Waals surface area contributed by atoms with Crippen LogP contribution in [0.4, 0.5) is 0 Å². The summed E-state index contributed by atoms with van der Waals surface area (Å²) >= 11 is 6.18. The van der Waals surface area contributed by atoms with Crippen molar-refractivity contribution in [1.29, 1.82) is 0 Å². The van der Waals surface area contributed by atoms with Gasteiger partial charge < -0.3 is 4.90 Å². The van der Waals surface area contributed by atoms with E-state index in [0.717, 1.165) is 19.4 Å². The fraction of sp³-hybridized carbons (Fsp3) is 0.471.